The Morgan fingerprint density at radius 3 is 2.50 bits per heavy atom. The van der Waals surface area contributed by atoms with Gasteiger partial charge < -0.3 is 0 Å². The Balaban J connectivity index is 1.82. The fourth-order valence-corrected chi connectivity index (χ4v) is 2.19. The van der Waals surface area contributed by atoms with Crippen molar-refractivity contribution >= 4 is 5.78 Å². The van der Waals surface area contributed by atoms with Gasteiger partial charge in [0.1, 0.15) is 0 Å². The van der Waals surface area contributed by atoms with Crippen molar-refractivity contribution in [1.82, 2.24) is 0 Å². The van der Waals surface area contributed by atoms with Crippen LogP contribution >= 0.6 is 0 Å². The van der Waals surface area contributed by atoms with Gasteiger partial charge in [0.05, 0.1) is 0 Å². The van der Waals surface area contributed by atoms with Crippen molar-refractivity contribution in [1.29, 1.82) is 0 Å². The van der Waals surface area contributed by atoms with Crippen molar-refractivity contribution in [3.8, 4) is 0 Å². The van der Waals surface area contributed by atoms with Crippen LogP contribution in [0.4, 0.5) is 0 Å². The van der Waals surface area contributed by atoms with E-state index in [1.54, 1.807) is 0 Å². The average molecular weight is 214 g/mol. The molecule has 0 amide bonds. The van der Waals surface area contributed by atoms with Gasteiger partial charge >= 0.3 is 0 Å². The average Bonchev–Trinajstić information content (AvgIpc) is 2.81. The lowest BCUT2D eigenvalue weighted by Crippen LogP contribution is -1.97. The quantitative estimate of drug-likeness (QED) is 0.699. The van der Waals surface area contributed by atoms with Gasteiger partial charge in [-0.1, -0.05) is 35.9 Å². The summed E-state index contributed by atoms with van der Waals surface area (Å²) in [6.07, 6.45) is 8.19. The number of ketones is 1. The number of benzene rings is 1. The molecule has 1 aliphatic carbocycles. The van der Waals surface area contributed by atoms with Crippen LogP contribution in [0.15, 0.2) is 42.0 Å². The highest BCUT2D eigenvalue weighted by atomic mass is 16.1. The summed E-state index contributed by atoms with van der Waals surface area (Å²) >= 11 is 0. The molecule has 0 aromatic heterocycles. The minimum absolute atomic E-state index is 0.292. The molecule has 0 saturated heterocycles. The zero-order chi connectivity index (χ0) is 11.2. The molecule has 0 aliphatic heterocycles. The molecule has 0 bridgehead atoms. The zero-order valence-corrected chi connectivity index (χ0v) is 9.61. The first kappa shape index (κ1) is 11.1. The lowest BCUT2D eigenvalue weighted by atomic mass is 10.1. The highest BCUT2D eigenvalue weighted by Crippen LogP contribution is 2.23. The Labute approximate surface area is 97.2 Å². The van der Waals surface area contributed by atoms with Crippen LogP contribution in [0.1, 0.15) is 37.7 Å². The molecule has 1 aliphatic rings. The summed E-state index contributed by atoms with van der Waals surface area (Å²) in [7, 11) is 0. The van der Waals surface area contributed by atoms with Gasteiger partial charge in [-0.3, -0.25) is 4.79 Å². The molecule has 1 aromatic rings. The van der Waals surface area contributed by atoms with Crippen molar-refractivity contribution in [3.63, 3.8) is 0 Å². The van der Waals surface area contributed by atoms with Crippen LogP contribution in [-0.2, 0) is 11.2 Å². The van der Waals surface area contributed by atoms with E-state index in [0.717, 1.165) is 19.3 Å². The van der Waals surface area contributed by atoms with Crippen molar-refractivity contribution in [3.05, 3.63) is 47.5 Å². The lowest BCUT2D eigenvalue weighted by Gasteiger charge is -1.99. The Hall–Kier alpha value is -1.37. The molecule has 1 nitrogen and oxygen atoms in total. The summed E-state index contributed by atoms with van der Waals surface area (Å²) in [5, 5.41) is 0. The molecule has 84 valence electrons. The molecule has 0 atom stereocenters. The normalized spacial score (nSPS) is 15.1. The molecule has 2 rings (SSSR count). The van der Waals surface area contributed by atoms with E-state index in [0.29, 0.717) is 12.2 Å². The van der Waals surface area contributed by atoms with Gasteiger partial charge in [-0.05, 0) is 43.7 Å². The molecular formula is C15H18O. The van der Waals surface area contributed by atoms with E-state index in [-0.39, 0.29) is 0 Å². The van der Waals surface area contributed by atoms with Crippen LogP contribution in [0.25, 0.3) is 0 Å². The number of hydrogen-bond acceptors (Lipinski definition) is 1. The Morgan fingerprint density at radius 2 is 1.81 bits per heavy atom. The minimum Gasteiger partial charge on any atom is -0.295 e. The van der Waals surface area contributed by atoms with Gasteiger partial charge in [0.2, 0.25) is 0 Å². The van der Waals surface area contributed by atoms with Gasteiger partial charge in [0.15, 0.2) is 5.78 Å². The maximum Gasteiger partial charge on any atom is 0.155 e. The number of rotatable bonds is 4. The molecule has 0 radical (unpaired) electrons. The molecule has 1 fully saturated rings. The van der Waals surface area contributed by atoms with E-state index in [4.69, 9.17) is 0 Å². The van der Waals surface area contributed by atoms with Gasteiger partial charge in [-0.2, -0.15) is 0 Å². The molecule has 0 unspecified atom stereocenters. The smallest absolute Gasteiger partial charge is 0.155 e. The Kier molecular flexibility index (Phi) is 3.92. The number of carbonyl (C=O) groups is 1. The number of hydrogen-bond donors (Lipinski definition) is 0. The molecule has 1 aromatic carbocycles. The second kappa shape index (κ2) is 5.64. The molecule has 0 N–H and O–H groups in total. The first-order valence-electron chi connectivity index (χ1n) is 6.11. The van der Waals surface area contributed by atoms with E-state index >= 15 is 0 Å². The number of aryl methyl sites for hydroxylation is 1. The van der Waals surface area contributed by atoms with Crippen LogP contribution in [-0.4, -0.2) is 5.78 Å². The van der Waals surface area contributed by atoms with Crippen LogP contribution in [0.5, 0.6) is 0 Å². The Morgan fingerprint density at radius 1 is 1.12 bits per heavy atom. The summed E-state index contributed by atoms with van der Waals surface area (Å²) in [6, 6.07) is 10.2. The van der Waals surface area contributed by atoms with Crippen LogP contribution in [0.2, 0.25) is 0 Å². The molecule has 0 heterocycles. The third-order valence-electron chi connectivity index (χ3n) is 3.11. The van der Waals surface area contributed by atoms with E-state index in [1.807, 2.05) is 24.3 Å². The van der Waals surface area contributed by atoms with Gasteiger partial charge in [-0.25, -0.2) is 0 Å². The summed E-state index contributed by atoms with van der Waals surface area (Å²) in [6.45, 7) is 0. The molecule has 1 heteroatoms. The lowest BCUT2D eigenvalue weighted by molar-refractivity contribution is -0.114. The summed E-state index contributed by atoms with van der Waals surface area (Å²) in [5.41, 5.74) is 2.61. The molecule has 0 spiro atoms. The van der Waals surface area contributed by atoms with Crippen molar-refractivity contribution in [2.24, 2.45) is 0 Å². The van der Waals surface area contributed by atoms with E-state index in [9.17, 15) is 4.79 Å². The SMILES string of the molecule is O=C(C=C1CCCC1)CCc1ccccc1. The summed E-state index contributed by atoms with van der Waals surface area (Å²) in [5.74, 6) is 0.292. The second-order valence-electron chi connectivity index (χ2n) is 4.46. The predicted molar refractivity (Wildman–Crippen MR) is 66.3 cm³/mol. The fourth-order valence-electron chi connectivity index (χ4n) is 2.19. The van der Waals surface area contributed by atoms with Crippen molar-refractivity contribution in [2.45, 2.75) is 38.5 Å². The first-order valence-corrected chi connectivity index (χ1v) is 6.11. The summed E-state index contributed by atoms with van der Waals surface area (Å²) < 4.78 is 0. The van der Waals surface area contributed by atoms with Crippen molar-refractivity contribution < 1.29 is 4.79 Å². The van der Waals surface area contributed by atoms with Crippen LogP contribution in [0, 0.1) is 0 Å². The highest BCUT2D eigenvalue weighted by Gasteiger charge is 2.08. The van der Waals surface area contributed by atoms with Gasteiger partial charge in [0, 0.05) is 6.42 Å². The first-order chi connectivity index (χ1) is 7.84. The van der Waals surface area contributed by atoms with Crippen LogP contribution < -0.4 is 0 Å². The van der Waals surface area contributed by atoms with E-state index in [1.165, 1.54) is 24.0 Å². The molecule has 1 saturated carbocycles. The van der Waals surface area contributed by atoms with Gasteiger partial charge in [-0.15, -0.1) is 0 Å². The third kappa shape index (κ3) is 3.34. The number of allylic oxidation sites excluding steroid dienone is 2. The Bertz CT molecular complexity index is 368. The second-order valence-corrected chi connectivity index (χ2v) is 4.46. The zero-order valence-electron chi connectivity index (χ0n) is 9.61. The molecular weight excluding hydrogens is 196 g/mol. The minimum atomic E-state index is 0.292. The monoisotopic (exact) mass is 214 g/mol. The van der Waals surface area contributed by atoms with Crippen LogP contribution in [0.3, 0.4) is 0 Å². The maximum atomic E-state index is 11.7. The fraction of sp³-hybridized carbons (Fsp3) is 0.400. The van der Waals surface area contributed by atoms with E-state index in [2.05, 4.69) is 12.1 Å². The summed E-state index contributed by atoms with van der Waals surface area (Å²) in [4.78, 5) is 11.7. The highest BCUT2D eigenvalue weighted by molar-refractivity contribution is 5.90. The predicted octanol–water partition coefficient (Wildman–Crippen LogP) is 3.69. The van der Waals surface area contributed by atoms with Gasteiger partial charge in [0.25, 0.3) is 0 Å². The topological polar surface area (TPSA) is 17.1 Å². The largest absolute Gasteiger partial charge is 0.295 e. The maximum absolute atomic E-state index is 11.7. The number of carbonyl (C=O) groups excluding carboxylic acids is 1. The standard InChI is InChI=1S/C15H18O/c16-15(12-14-8-4-5-9-14)11-10-13-6-2-1-3-7-13/h1-3,6-7,12H,4-5,8-11H2. The third-order valence-corrected chi connectivity index (χ3v) is 3.11. The van der Waals surface area contributed by atoms with Crippen molar-refractivity contribution in [2.75, 3.05) is 0 Å². The van der Waals surface area contributed by atoms with E-state index < -0.39 is 0 Å². The molecule has 16 heavy (non-hydrogen) atoms.